The zero-order chi connectivity index (χ0) is 13.9. The lowest BCUT2D eigenvalue weighted by molar-refractivity contribution is -0.140. The number of aliphatic hydroxyl groups is 1. The van der Waals surface area contributed by atoms with Crippen LogP contribution in [-0.4, -0.2) is 22.7 Å². The van der Waals surface area contributed by atoms with E-state index < -0.39 is 11.9 Å². The van der Waals surface area contributed by atoms with E-state index in [1.54, 1.807) is 0 Å². The number of rotatable bonds is 4. The molecule has 2 N–H and O–H groups in total. The Bertz CT molecular complexity index is 408. The lowest BCUT2D eigenvalue weighted by Gasteiger charge is -2.30. The Morgan fingerprint density at radius 2 is 2.11 bits per heavy atom. The maximum atomic E-state index is 12.4. The second kappa shape index (κ2) is 6.19. The number of halogens is 3. The van der Waals surface area contributed by atoms with Gasteiger partial charge in [-0.25, -0.2) is 4.98 Å². The van der Waals surface area contributed by atoms with E-state index in [0.29, 0.717) is 11.6 Å². The molecular formula is C12H17F3N2OS. The molecule has 0 amide bonds. The van der Waals surface area contributed by atoms with Crippen LogP contribution < -0.4 is 5.32 Å². The van der Waals surface area contributed by atoms with E-state index in [-0.39, 0.29) is 18.6 Å². The van der Waals surface area contributed by atoms with Crippen molar-refractivity contribution in [1.82, 2.24) is 10.3 Å². The Hall–Kier alpha value is -0.660. The van der Waals surface area contributed by atoms with Crippen molar-refractivity contribution in [3.8, 4) is 0 Å². The van der Waals surface area contributed by atoms with Gasteiger partial charge in [-0.1, -0.05) is 12.8 Å². The fourth-order valence-electron chi connectivity index (χ4n) is 2.44. The van der Waals surface area contributed by atoms with Crippen LogP contribution in [0.25, 0.3) is 0 Å². The Morgan fingerprint density at radius 1 is 1.37 bits per heavy atom. The highest BCUT2D eigenvalue weighted by Gasteiger charge is 2.33. The van der Waals surface area contributed by atoms with Crippen molar-refractivity contribution >= 4 is 11.3 Å². The molecule has 108 valence electrons. The fraction of sp³-hybridized carbons (Fsp3) is 0.750. The molecule has 1 aliphatic carbocycles. The molecule has 0 spiro atoms. The summed E-state index contributed by atoms with van der Waals surface area (Å²) in [5.74, 6) is 0.204. The molecule has 1 heterocycles. The van der Waals surface area contributed by atoms with Gasteiger partial charge >= 0.3 is 6.18 Å². The van der Waals surface area contributed by atoms with Gasteiger partial charge in [0.1, 0.15) is 5.01 Å². The standard InChI is InChI=1S/C12H17F3N2OS/c13-12(14,15)10-7-19-11(17-10)5-16-9-4-2-1-3-8(9)6-18/h7-9,16,18H,1-6H2. The molecule has 1 fully saturated rings. The van der Waals surface area contributed by atoms with Gasteiger partial charge in [0.05, 0.1) is 0 Å². The van der Waals surface area contributed by atoms with Crippen molar-refractivity contribution in [2.24, 2.45) is 5.92 Å². The number of aliphatic hydroxyl groups excluding tert-OH is 1. The minimum absolute atomic E-state index is 0.128. The van der Waals surface area contributed by atoms with Gasteiger partial charge in [0.15, 0.2) is 5.69 Å². The molecular weight excluding hydrogens is 277 g/mol. The second-order valence-corrected chi connectivity index (χ2v) is 5.78. The first-order valence-corrected chi connectivity index (χ1v) is 7.24. The van der Waals surface area contributed by atoms with E-state index in [2.05, 4.69) is 10.3 Å². The summed E-state index contributed by atoms with van der Waals surface area (Å²) >= 11 is 1.02. The van der Waals surface area contributed by atoms with E-state index in [0.717, 1.165) is 42.4 Å². The van der Waals surface area contributed by atoms with Gasteiger partial charge in [-0.3, -0.25) is 0 Å². The molecule has 19 heavy (non-hydrogen) atoms. The average molecular weight is 294 g/mol. The van der Waals surface area contributed by atoms with Crippen LogP contribution in [0.3, 0.4) is 0 Å². The monoisotopic (exact) mass is 294 g/mol. The highest BCUT2D eigenvalue weighted by Crippen LogP contribution is 2.30. The van der Waals surface area contributed by atoms with Crippen molar-refractivity contribution in [1.29, 1.82) is 0 Å². The summed E-state index contributed by atoms with van der Waals surface area (Å²) in [6.07, 6.45) is -0.228. The summed E-state index contributed by atoms with van der Waals surface area (Å²) in [6.45, 7) is 0.464. The van der Waals surface area contributed by atoms with Crippen LogP contribution in [0.4, 0.5) is 13.2 Å². The van der Waals surface area contributed by atoms with Crippen LogP contribution in [0.2, 0.25) is 0 Å². The smallest absolute Gasteiger partial charge is 0.396 e. The third-order valence-electron chi connectivity index (χ3n) is 3.50. The van der Waals surface area contributed by atoms with Crippen LogP contribution in [0.1, 0.15) is 36.4 Å². The third kappa shape index (κ3) is 3.90. The Kier molecular flexibility index (Phi) is 4.81. The van der Waals surface area contributed by atoms with Crippen molar-refractivity contribution in [3.63, 3.8) is 0 Å². The van der Waals surface area contributed by atoms with E-state index in [1.807, 2.05) is 0 Å². The largest absolute Gasteiger partial charge is 0.434 e. The molecule has 1 aliphatic rings. The van der Waals surface area contributed by atoms with Gasteiger partial charge < -0.3 is 10.4 Å². The molecule has 1 aromatic rings. The summed E-state index contributed by atoms with van der Waals surface area (Å²) in [6, 6.07) is 0.178. The highest BCUT2D eigenvalue weighted by atomic mass is 32.1. The molecule has 3 nitrogen and oxygen atoms in total. The van der Waals surface area contributed by atoms with Crippen molar-refractivity contribution < 1.29 is 18.3 Å². The van der Waals surface area contributed by atoms with Gasteiger partial charge in [-0.2, -0.15) is 13.2 Å². The molecule has 0 aliphatic heterocycles. The number of thiazole rings is 1. The zero-order valence-electron chi connectivity index (χ0n) is 10.4. The van der Waals surface area contributed by atoms with Crippen LogP contribution in [0.5, 0.6) is 0 Å². The van der Waals surface area contributed by atoms with Crippen LogP contribution in [0.15, 0.2) is 5.38 Å². The topological polar surface area (TPSA) is 45.1 Å². The Balaban J connectivity index is 1.89. The summed E-state index contributed by atoms with van der Waals surface area (Å²) < 4.78 is 37.2. The maximum Gasteiger partial charge on any atom is 0.434 e. The number of hydrogen-bond acceptors (Lipinski definition) is 4. The zero-order valence-corrected chi connectivity index (χ0v) is 11.2. The second-order valence-electron chi connectivity index (χ2n) is 4.84. The molecule has 0 saturated heterocycles. The lowest BCUT2D eigenvalue weighted by atomic mass is 9.85. The quantitative estimate of drug-likeness (QED) is 0.897. The molecule has 0 aromatic carbocycles. The van der Waals surface area contributed by atoms with Crippen LogP contribution in [0, 0.1) is 5.92 Å². The number of hydrogen-bond donors (Lipinski definition) is 2. The summed E-state index contributed by atoms with van der Waals surface area (Å²) in [4.78, 5) is 3.59. The van der Waals surface area contributed by atoms with Gasteiger partial charge in [0.2, 0.25) is 0 Å². The minimum Gasteiger partial charge on any atom is -0.396 e. The number of nitrogens with one attached hydrogen (secondary N) is 1. The summed E-state index contributed by atoms with van der Waals surface area (Å²) in [7, 11) is 0. The number of alkyl halides is 3. The molecule has 2 rings (SSSR count). The highest BCUT2D eigenvalue weighted by molar-refractivity contribution is 7.09. The predicted molar refractivity (Wildman–Crippen MR) is 66.8 cm³/mol. The van der Waals surface area contributed by atoms with Crippen molar-refractivity contribution in [2.45, 2.75) is 44.4 Å². The van der Waals surface area contributed by atoms with E-state index >= 15 is 0 Å². The molecule has 2 unspecified atom stereocenters. The van der Waals surface area contributed by atoms with Crippen LogP contribution >= 0.6 is 11.3 Å². The van der Waals surface area contributed by atoms with E-state index in [1.165, 1.54) is 0 Å². The molecule has 1 saturated carbocycles. The third-order valence-corrected chi connectivity index (χ3v) is 4.35. The first-order chi connectivity index (χ1) is 9.00. The van der Waals surface area contributed by atoms with Gasteiger partial charge in [-0.05, 0) is 18.8 Å². The Morgan fingerprint density at radius 3 is 2.74 bits per heavy atom. The van der Waals surface area contributed by atoms with Crippen molar-refractivity contribution in [3.05, 3.63) is 16.1 Å². The molecule has 0 bridgehead atoms. The summed E-state index contributed by atoms with van der Waals surface area (Å²) in [5, 5.41) is 14.0. The SMILES string of the molecule is OCC1CCCCC1NCc1nc(C(F)(F)F)cs1. The first-order valence-electron chi connectivity index (χ1n) is 6.36. The van der Waals surface area contributed by atoms with E-state index in [4.69, 9.17) is 0 Å². The first kappa shape index (κ1) is 14.7. The number of nitrogens with zero attached hydrogens (tertiary/aromatic N) is 1. The van der Waals surface area contributed by atoms with E-state index in [9.17, 15) is 18.3 Å². The fourth-order valence-corrected chi connectivity index (χ4v) is 3.19. The normalized spacial score (nSPS) is 24.6. The average Bonchev–Trinajstić information content (AvgIpc) is 2.85. The van der Waals surface area contributed by atoms with Gasteiger partial charge in [-0.15, -0.1) is 11.3 Å². The minimum atomic E-state index is -4.37. The molecule has 0 radical (unpaired) electrons. The molecule has 1 aromatic heterocycles. The number of aromatic nitrogens is 1. The lowest BCUT2D eigenvalue weighted by Crippen LogP contribution is -2.39. The Labute approximate surface area is 113 Å². The summed E-state index contributed by atoms with van der Waals surface area (Å²) in [5.41, 5.74) is -0.823. The van der Waals surface area contributed by atoms with Crippen molar-refractivity contribution in [2.75, 3.05) is 6.61 Å². The van der Waals surface area contributed by atoms with Gasteiger partial charge in [0, 0.05) is 24.6 Å². The van der Waals surface area contributed by atoms with Crippen LogP contribution in [-0.2, 0) is 12.7 Å². The van der Waals surface area contributed by atoms with Gasteiger partial charge in [0.25, 0.3) is 0 Å². The predicted octanol–water partition coefficient (Wildman–Crippen LogP) is 2.80. The maximum absolute atomic E-state index is 12.4. The molecule has 2 atom stereocenters. The molecule has 7 heteroatoms.